The molecule has 8 nitrogen and oxygen atoms in total. The fourth-order valence-electron chi connectivity index (χ4n) is 4.60. The van der Waals surface area contributed by atoms with E-state index < -0.39 is 63.6 Å². The highest BCUT2D eigenvalue weighted by molar-refractivity contribution is 7.17. The molecule has 0 fully saturated rings. The van der Waals surface area contributed by atoms with Crippen molar-refractivity contribution in [1.82, 2.24) is 10.3 Å². The smallest absolute Gasteiger partial charge is 0.462 e. The second-order valence-corrected chi connectivity index (χ2v) is 10.7. The third-order valence-corrected chi connectivity index (χ3v) is 7.29. The predicted molar refractivity (Wildman–Crippen MR) is 152 cm³/mol. The molecule has 1 heterocycles. The van der Waals surface area contributed by atoms with E-state index in [2.05, 4.69) is 29.8 Å². The van der Waals surface area contributed by atoms with Gasteiger partial charge in [-0.1, -0.05) is 65.9 Å². The molecule has 0 spiro atoms. The van der Waals surface area contributed by atoms with Crippen LogP contribution in [0.4, 0.5) is 49.4 Å². The molecule has 0 aliphatic heterocycles. The maximum Gasteiger partial charge on any atom is 0.573 e. The number of nitrogens with one attached hydrogen (secondary N) is 2. The number of alkyl halides is 9. The highest BCUT2D eigenvalue weighted by Gasteiger charge is 2.42. The first-order valence-corrected chi connectivity index (χ1v) is 14.3. The van der Waals surface area contributed by atoms with Crippen molar-refractivity contribution in [2.24, 2.45) is 0 Å². The van der Waals surface area contributed by atoms with Gasteiger partial charge in [0.1, 0.15) is 16.4 Å². The molecule has 1 aromatic heterocycles. The van der Waals surface area contributed by atoms with Gasteiger partial charge >= 0.3 is 30.9 Å². The molecule has 4 aromatic rings. The van der Waals surface area contributed by atoms with Crippen LogP contribution in [0, 0.1) is 0 Å². The zero-order valence-electron chi connectivity index (χ0n) is 24.2. The molecule has 0 aliphatic rings. The third-order valence-electron chi connectivity index (χ3n) is 6.34. The second-order valence-electron chi connectivity index (χ2n) is 9.71. The lowest BCUT2D eigenvalue weighted by molar-refractivity contribution is -0.275. The first kappa shape index (κ1) is 35.8. The Hall–Kier alpha value is -5.00. The van der Waals surface area contributed by atoms with Crippen molar-refractivity contribution in [3.8, 4) is 11.5 Å². The summed E-state index contributed by atoms with van der Waals surface area (Å²) >= 11 is 0.134. The summed E-state index contributed by atoms with van der Waals surface area (Å²) in [4.78, 5) is 28.1. The summed E-state index contributed by atoms with van der Waals surface area (Å²) in [5, 5.41) is 3.87. The molecule has 256 valence electrons. The Bertz CT molecular complexity index is 1680. The summed E-state index contributed by atoms with van der Waals surface area (Å²) in [6.45, 7) is 1.09. The topological polar surface area (TPSA) is 98.8 Å². The summed E-state index contributed by atoms with van der Waals surface area (Å²) in [7, 11) is 0. The number of carbonyl (C=O) groups is 2. The van der Waals surface area contributed by atoms with Crippen LogP contribution in [0.5, 0.6) is 11.5 Å². The van der Waals surface area contributed by atoms with Crippen LogP contribution in [0.1, 0.15) is 39.0 Å². The van der Waals surface area contributed by atoms with E-state index in [0.29, 0.717) is 5.56 Å². The van der Waals surface area contributed by atoms with Crippen molar-refractivity contribution in [2.45, 2.75) is 37.8 Å². The molecule has 0 atom stereocenters. The van der Waals surface area contributed by atoms with Crippen LogP contribution in [-0.4, -0.2) is 36.3 Å². The van der Waals surface area contributed by atoms with E-state index in [1.165, 1.54) is 19.1 Å². The van der Waals surface area contributed by atoms with Gasteiger partial charge in [-0.3, -0.25) is 5.32 Å². The fourth-order valence-corrected chi connectivity index (χ4v) is 5.48. The number of urea groups is 1. The third kappa shape index (κ3) is 9.30. The standard InChI is InChI=1S/C30H22F9N3O5S/c1-2-45-24(43)22-23(28(31,32)33)40-26(48-22)41-25(44)42-27(16-17-8-4-3-5-9-17,18-10-6-12-20(14-18)46-29(34,35)36)19-11-7-13-21(15-19)47-30(37,38)39/h3-15H,2,16H2,1H3,(H2,40,41,42,44). The molecule has 0 aliphatic carbocycles. The second kappa shape index (κ2) is 14.0. The Balaban J connectivity index is 1.88. The van der Waals surface area contributed by atoms with Gasteiger partial charge < -0.3 is 19.5 Å². The number of anilines is 1. The zero-order valence-corrected chi connectivity index (χ0v) is 25.0. The van der Waals surface area contributed by atoms with E-state index in [9.17, 15) is 49.1 Å². The Morgan fingerprint density at radius 3 is 1.79 bits per heavy atom. The van der Waals surface area contributed by atoms with Gasteiger partial charge in [0.05, 0.1) is 12.1 Å². The van der Waals surface area contributed by atoms with Crippen molar-refractivity contribution in [3.05, 3.63) is 106 Å². The number of rotatable bonds is 10. The van der Waals surface area contributed by atoms with Crippen LogP contribution in [0.25, 0.3) is 0 Å². The number of aromatic nitrogens is 1. The molecule has 0 saturated carbocycles. The number of ether oxygens (including phenoxy) is 3. The minimum atomic E-state index is -5.15. The van der Waals surface area contributed by atoms with Crippen molar-refractivity contribution < 1.29 is 63.3 Å². The molecule has 0 saturated heterocycles. The predicted octanol–water partition coefficient (Wildman–Crippen LogP) is 8.44. The molecular formula is C30H22F9N3O5S. The normalized spacial score (nSPS) is 12.3. The first-order valence-electron chi connectivity index (χ1n) is 13.5. The zero-order chi connectivity index (χ0) is 35.3. The molecule has 0 bridgehead atoms. The molecule has 4 rings (SSSR count). The largest absolute Gasteiger partial charge is 0.573 e. The lowest BCUT2D eigenvalue weighted by atomic mass is 9.77. The monoisotopic (exact) mass is 707 g/mol. The van der Waals surface area contributed by atoms with E-state index in [1.807, 2.05) is 0 Å². The van der Waals surface area contributed by atoms with Gasteiger partial charge in [-0.2, -0.15) is 13.2 Å². The Kier molecular flexibility index (Phi) is 10.5. The van der Waals surface area contributed by atoms with Crippen LogP contribution in [0.3, 0.4) is 0 Å². The van der Waals surface area contributed by atoms with Gasteiger partial charge in [-0.25, -0.2) is 14.6 Å². The average molecular weight is 708 g/mol. The number of hydrogen-bond donors (Lipinski definition) is 2. The number of carbonyl (C=O) groups excluding carboxylic acids is 2. The molecule has 0 unspecified atom stereocenters. The molecule has 48 heavy (non-hydrogen) atoms. The molecule has 2 N–H and O–H groups in total. The van der Waals surface area contributed by atoms with Crippen LogP contribution in [0.2, 0.25) is 0 Å². The summed E-state index contributed by atoms with van der Waals surface area (Å²) in [5.74, 6) is -2.87. The minimum Gasteiger partial charge on any atom is -0.462 e. The van der Waals surface area contributed by atoms with Gasteiger partial charge in [0.25, 0.3) is 0 Å². The summed E-state index contributed by atoms with van der Waals surface area (Å²) in [5.41, 5.74) is -3.56. The van der Waals surface area contributed by atoms with Gasteiger partial charge in [0, 0.05) is 6.42 Å². The van der Waals surface area contributed by atoms with Crippen molar-refractivity contribution in [3.63, 3.8) is 0 Å². The van der Waals surface area contributed by atoms with Crippen LogP contribution < -0.4 is 20.1 Å². The fraction of sp³-hybridized carbons (Fsp3) is 0.233. The van der Waals surface area contributed by atoms with Crippen molar-refractivity contribution >= 4 is 28.5 Å². The Morgan fingerprint density at radius 1 is 0.771 bits per heavy atom. The van der Waals surface area contributed by atoms with E-state index in [-0.39, 0.29) is 35.5 Å². The summed E-state index contributed by atoms with van der Waals surface area (Å²) in [6.07, 6.45) is -15.8. The number of hydrogen-bond acceptors (Lipinski definition) is 7. The number of benzene rings is 3. The number of amides is 2. The lowest BCUT2D eigenvalue weighted by Crippen LogP contribution is -2.50. The number of nitrogens with zero attached hydrogens (tertiary/aromatic N) is 1. The van der Waals surface area contributed by atoms with Crippen molar-refractivity contribution in [2.75, 3.05) is 11.9 Å². The number of esters is 1. The van der Waals surface area contributed by atoms with Crippen LogP contribution >= 0.6 is 11.3 Å². The van der Waals surface area contributed by atoms with Gasteiger partial charge in [0.2, 0.25) is 0 Å². The maximum absolute atomic E-state index is 13.7. The van der Waals surface area contributed by atoms with E-state index in [4.69, 9.17) is 0 Å². The highest BCUT2D eigenvalue weighted by Crippen LogP contribution is 2.40. The van der Waals surface area contributed by atoms with E-state index in [0.717, 1.165) is 36.4 Å². The highest BCUT2D eigenvalue weighted by atomic mass is 32.1. The molecule has 18 heteroatoms. The molecule has 3 aromatic carbocycles. The molecule has 0 radical (unpaired) electrons. The molecular weight excluding hydrogens is 685 g/mol. The lowest BCUT2D eigenvalue weighted by Gasteiger charge is -2.37. The van der Waals surface area contributed by atoms with Crippen LogP contribution in [0.15, 0.2) is 78.9 Å². The Labute approximate surface area is 269 Å². The maximum atomic E-state index is 13.7. The summed E-state index contributed by atoms with van der Waals surface area (Å²) < 4.78 is 133. The van der Waals surface area contributed by atoms with Gasteiger partial charge in [-0.15, -0.1) is 26.3 Å². The quantitative estimate of drug-likeness (QED) is 0.127. The minimum absolute atomic E-state index is 0.134. The van der Waals surface area contributed by atoms with Crippen molar-refractivity contribution in [1.29, 1.82) is 0 Å². The number of halogens is 9. The first-order chi connectivity index (χ1) is 22.4. The van der Waals surface area contributed by atoms with E-state index in [1.54, 1.807) is 30.3 Å². The van der Waals surface area contributed by atoms with Crippen LogP contribution in [-0.2, 0) is 22.9 Å². The van der Waals surface area contributed by atoms with Gasteiger partial charge in [0.15, 0.2) is 10.8 Å². The number of thiazole rings is 1. The molecule has 2 amide bonds. The summed E-state index contributed by atoms with van der Waals surface area (Å²) in [6, 6.07) is 15.0. The van der Waals surface area contributed by atoms with Gasteiger partial charge in [-0.05, 0) is 47.9 Å². The Morgan fingerprint density at radius 2 is 1.31 bits per heavy atom. The average Bonchev–Trinajstić information content (AvgIpc) is 3.41. The van der Waals surface area contributed by atoms with E-state index >= 15 is 0 Å². The SMILES string of the molecule is CCOC(=O)c1sc(NC(=O)NC(Cc2ccccc2)(c2cccc(OC(F)(F)F)c2)c2cccc(OC(F)(F)F)c2)nc1C(F)(F)F.